The van der Waals surface area contributed by atoms with Crippen LogP contribution in [0.4, 0.5) is 18.9 Å². The molecule has 0 radical (unpaired) electrons. The number of hydrogen-bond donors (Lipinski definition) is 2. The highest BCUT2D eigenvalue weighted by Crippen LogP contribution is 2.31. The molecule has 1 aromatic carbocycles. The predicted octanol–water partition coefficient (Wildman–Crippen LogP) is 1.54. The van der Waals surface area contributed by atoms with E-state index in [1.165, 1.54) is 13.0 Å². The number of anilines is 1. The molecule has 21 heavy (non-hydrogen) atoms. The Morgan fingerprint density at radius 3 is 2.38 bits per heavy atom. The summed E-state index contributed by atoms with van der Waals surface area (Å²) in [6, 6.07) is 2.87. The average Bonchev–Trinajstić information content (AvgIpc) is 2.36. The van der Waals surface area contributed by atoms with Gasteiger partial charge in [-0.1, -0.05) is 6.92 Å². The molecule has 5 nitrogen and oxygen atoms in total. The standard InChI is InChI=1S/C12H15F3N2O3S/c1-2-21(19,20)7-11(18)17-10-4-8(6-16)3-9(5-10)12(13,14)15/h3-5H,2,6-7,16H2,1H3,(H,17,18). The van der Waals surface area contributed by atoms with Crippen LogP contribution in [0.25, 0.3) is 0 Å². The van der Waals surface area contributed by atoms with Crippen LogP contribution >= 0.6 is 0 Å². The van der Waals surface area contributed by atoms with Gasteiger partial charge in [-0.05, 0) is 23.8 Å². The third kappa shape index (κ3) is 5.35. The van der Waals surface area contributed by atoms with Crippen molar-refractivity contribution >= 4 is 21.4 Å². The predicted molar refractivity (Wildman–Crippen MR) is 72.3 cm³/mol. The molecule has 1 aromatic rings. The minimum atomic E-state index is -4.58. The summed E-state index contributed by atoms with van der Waals surface area (Å²) in [5.41, 5.74) is 4.39. The molecule has 0 aromatic heterocycles. The van der Waals surface area contributed by atoms with Crippen molar-refractivity contribution in [2.45, 2.75) is 19.6 Å². The summed E-state index contributed by atoms with van der Waals surface area (Å²) >= 11 is 0. The van der Waals surface area contributed by atoms with Crippen LogP contribution in [-0.4, -0.2) is 25.8 Å². The second-order valence-corrected chi connectivity index (χ2v) is 6.70. The Bertz CT molecular complexity index is 627. The SMILES string of the molecule is CCS(=O)(=O)CC(=O)Nc1cc(CN)cc(C(F)(F)F)c1. The van der Waals surface area contributed by atoms with Gasteiger partial charge < -0.3 is 11.1 Å². The second-order valence-electron chi connectivity index (χ2n) is 4.35. The lowest BCUT2D eigenvalue weighted by atomic mass is 10.1. The molecule has 0 saturated heterocycles. The van der Waals surface area contributed by atoms with Gasteiger partial charge in [-0.25, -0.2) is 8.42 Å². The lowest BCUT2D eigenvalue weighted by Crippen LogP contribution is -2.24. The fourth-order valence-corrected chi connectivity index (χ4v) is 2.22. The first-order valence-corrected chi connectivity index (χ1v) is 7.81. The molecule has 0 heterocycles. The zero-order chi connectivity index (χ0) is 16.3. The van der Waals surface area contributed by atoms with Gasteiger partial charge in [0.2, 0.25) is 5.91 Å². The van der Waals surface area contributed by atoms with Crippen molar-refractivity contribution < 1.29 is 26.4 Å². The average molecular weight is 324 g/mol. The second kappa shape index (κ2) is 6.44. The summed E-state index contributed by atoms with van der Waals surface area (Å²) in [6.07, 6.45) is -4.58. The minimum Gasteiger partial charge on any atom is -0.326 e. The molecule has 1 amide bonds. The van der Waals surface area contributed by atoms with Gasteiger partial charge >= 0.3 is 6.18 Å². The van der Waals surface area contributed by atoms with Crippen molar-refractivity contribution in [2.75, 3.05) is 16.8 Å². The number of benzene rings is 1. The summed E-state index contributed by atoms with van der Waals surface area (Å²) in [7, 11) is -3.55. The van der Waals surface area contributed by atoms with Gasteiger partial charge in [0.05, 0.1) is 5.56 Å². The fourth-order valence-electron chi connectivity index (χ4n) is 1.54. The smallest absolute Gasteiger partial charge is 0.326 e. The highest BCUT2D eigenvalue weighted by molar-refractivity contribution is 7.92. The molecule has 0 aliphatic heterocycles. The van der Waals surface area contributed by atoms with Gasteiger partial charge in [-0.2, -0.15) is 13.2 Å². The number of amides is 1. The number of hydrogen-bond acceptors (Lipinski definition) is 4. The van der Waals surface area contributed by atoms with Crippen molar-refractivity contribution in [2.24, 2.45) is 5.73 Å². The third-order valence-electron chi connectivity index (χ3n) is 2.63. The Hall–Kier alpha value is -1.61. The van der Waals surface area contributed by atoms with Gasteiger partial charge in [-0.15, -0.1) is 0 Å². The Labute approximate surface area is 120 Å². The molecule has 118 valence electrons. The zero-order valence-corrected chi connectivity index (χ0v) is 12.0. The first kappa shape index (κ1) is 17.4. The van der Waals surface area contributed by atoms with Crippen LogP contribution in [0.3, 0.4) is 0 Å². The van der Waals surface area contributed by atoms with Crippen LogP contribution in [0.2, 0.25) is 0 Å². The number of sulfone groups is 1. The van der Waals surface area contributed by atoms with Crippen molar-refractivity contribution in [3.8, 4) is 0 Å². The molecule has 0 aliphatic rings. The van der Waals surface area contributed by atoms with Crippen molar-refractivity contribution in [3.05, 3.63) is 29.3 Å². The normalized spacial score (nSPS) is 12.2. The van der Waals surface area contributed by atoms with E-state index in [0.29, 0.717) is 0 Å². The van der Waals surface area contributed by atoms with E-state index in [9.17, 15) is 26.4 Å². The van der Waals surface area contributed by atoms with Crippen molar-refractivity contribution in [3.63, 3.8) is 0 Å². The maximum absolute atomic E-state index is 12.7. The van der Waals surface area contributed by atoms with E-state index in [1.54, 1.807) is 0 Å². The molecule has 3 N–H and O–H groups in total. The molecule has 1 rings (SSSR count). The van der Waals surface area contributed by atoms with Crippen LogP contribution in [0, 0.1) is 0 Å². The largest absolute Gasteiger partial charge is 0.416 e. The van der Waals surface area contributed by atoms with Gasteiger partial charge in [-0.3, -0.25) is 4.79 Å². The molecule has 0 atom stereocenters. The molecule has 0 unspecified atom stereocenters. The number of nitrogens with two attached hydrogens (primary N) is 1. The van der Waals surface area contributed by atoms with Gasteiger partial charge in [0, 0.05) is 18.0 Å². The van der Waals surface area contributed by atoms with E-state index < -0.39 is 33.2 Å². The summed E-state index contributed by atoms with van der Waals surface area (Å²) in [6.45, 7) is 1.24. The quantitative estimate of drug-likeness (QED) is 0.860. The van der Waals surface area contributed by atoms with Crippen LogP contribution < -0.4 is 11.1 Å². The molecule has 0 spiro atoms. The third-order valence-corrected chi connectivity index (χ3v) is 4.21. The van der Waals surface area contributed by atoms with E-state index >= 15 is 0 Å². The topological polar surface area (TPSA) is 89.3 Å². The van der Waals surface area contributed by atoms with Gasteiger partial charge in [0.1, 0.15) is 5.75 Å². The Morgan fingerprint density at radius 2 is 1.90 bits per heavy atom. The van der Waals surface area contributed by atoms with Crippen molar-refractivity contribution in [1.82, 2.24) is 0 Å². The monoisotopic (exact) mass is 324 g/mol. The first-order chi connectivity index (χ1) is 9.57. The van der Waals surface area contributed by atoms with Crippen LogP contribution in [0.15, 0.2) is 18.2 Å². The number of carbonyl (C=O) groups excluding carboxylic acids is 1. The van der Waals surface area contributed by atoms with E-state index in [0.717, 1.165) is 12.1 Å². The molecule has 0 aliphatic carbocycles. The maximum atomic E-state index is 12.7. The Kier molecular flexibility index (Phi) is 5.35. The number of carbonyl (C=O) groups is 1. The van der Waals surface area contributed by atoms with Gasteiger partial charge in [0.15, 0.2) is 9.84 Å². The molecule has 9 heteroatoms. The zero-order valence-electron chi connectivity index (χ0n) is 11.2. The molecule has 0 saturated carbocycles. The van der Waals surface area contributed by atoms with Gasteiger partial charge in [0.25, 0.3) is 0 Å². The molecule has 0 bridgehead atoms. The number of alkyl halides is 3. The van der Waals surface area contributed by atoms with E-state index in [4.69, 9.17) is 5.73 Å². The number of nitrogens with one attached hydrogen (secondary N) is 1. The lowest BCUT2D eigenvalue weighted by molar-refractivity contribution is -0.137. The van der Waals surface area contributed by atoms with E-state index in [1.807, 2.05) is 0 Å². The minimum absolute atomic E-state index is 0.137. The van der Waals surface area contributed by atoms with Crippen LogP contribution in [0.5, 0.6) is 0 Å². The van der Waals surface area contributed by atoms with E-state index in [2.05, 4.69) is 5.32 Å². The first-order valence-electron chi connectivity index (χ1n) is 5.99. The van der Waals surface area contributed by atoms with E-state index in [-0.39, 0.29) is 23.5 Å². The summed E-state index contributed by atoms with van der Waals surface area (Å²) in [5, 5.41) is 2.15. The fraction of sp³-hybridized carbons (Fsp3) is 0.417. The maximum Gasteiger partial charge on any atom is 0.416 e. The van der Waals surface area contributed by atoms with Crippen LogP contribution in [-0.2, 0) is 27.4 Å². The molecular formula is C12H15F3N2O3S. The lowest BCUT2D eigenvalue weighted by Gasteiger charge is -2.12. The highest BCUT2D eigenvalue weighted by Gasteiger charge is 2.31. The number of halogens is 3. The molecular weight excluding hydrogens is 309 g/mol. The number of rotatable bonds is 5. The molecule has 0 fully saturated rings. The summed E-state index contributed by atoms with van der Waals surface area (Å²) < 4.78 is 60.7. The Balaban J connectivity index is 3.01. The summed E-state index contributed by atoms with van der Waals surface area (Å²) in [5.74, 6) is -1.89. The Morgan fingerprint density at radius 1 is 1.29 bits per heavy atom. The highest BCUT2D eigenvalue weighted by atomic mass is 32.2. The van der Waals surface area contributed by atoms with Crippen LogP contribution in [0.1, 0.15) is 18.1 Å². The summed E-state index contributed by atoms with van der Waals surface area (Å²) in [4.78, 5) is 11.5. The van der Waals surface area contributed by atoms with Crippen molar-refractivity contribution in [1.29, 1.82) is 0 Å².